The van der Waals surface area contributed by atoms with Gasteiger partial charge in [0, 0.05) is 44.5 Å². The van der Waals surface area contributed by atoms with Gasteiger partial charge in [-0.3, -0.25) is 19.2 Å². The van der Waals surface area contributed by atoms with Gasteiger partial charge in [-0.1, -0.05) is 129 Å². The van der Waals surface area contributed by atoms with E-state index in [-0.39, 0.29) is 65.7 Å². The van der Waals surface area contributed by atoms with Crippen LogP contribution in [0.3, 0.4) is 0 Å². The van der Waals surface area contributed by atoms with E-state index in [4.69, 9.17) is 14.2 Å². The summed E-state index contributed by atoms with van der Waals surface area (Å²) in [5.74, 6) is -0.576. The molecule has 0 unspecified atom stereocenters. The van der Waals surface area contributed by atoms with Crippen molar-refractivity contribution in [1.82, 2.24) is 9.13 Å². The summed E-state index contributed by atoms with van der Waals surface area (Å²) in [6, 6.07) is 50.5. The van der Waals surface area contributed by atoms with Gasteiger partial charge in [0.1, 0.15) is 19.0 Å². The molecule has 0 bridgehead atoms. The first-order valence-electron chi connectivity index (χ1n) is 32.5. The van der Waals surface area contributed by atoms with Crippen LogP contribution in [0.5, 0.6) is 5.75 Å². The van der Waals surface area contributed by atoms with E-state index in [1.165, 1.54) is 9.13 Å². The number of hydrogen-bond acceptors (Lipinski definition) is 9. The molecular weight excluding hydrogens is 1170 g/mol. The molecule has 2 aromatic heterocycles. The molecule has 0 amide bonds. The number of rotatable bonds is 16. The number of hydrogen-bond donors (Lipinski definition) is 0. The zero-order valence-electron chi connectivity index (χ0n) is 53.8. The number of nitrogens with zero attached hydrogens (tertiary/aromatic N) is 2. The van der Waals surface area contributed by atoms with Gasteiger partial charge in [0.25, 0.3) is 22.2 Å². The molecule has 0 saturated carbocycles. The second-order valence-corrected chi connectivity index (χ2v) is 26.5. The highest BCUT2D eigenvalue weighted by Gasteiger charge is 2.28. The molecule has 0 atom stereocenters. The summed E-state index contributed by atoms with van der Waals surface area (Å²) in [7, 11) is 0. The molecule has 11 heteroatoms. The summed E-state index contributed by atoms with van der Waals surface area (Å²) < 4.78 is 19.3. The topological polar surface area (TPSA) is 140 Å². The molecule has 0 radical (unpaired) electrons. The highest BCUT2D eigenvalue weighted by Crippen LogP contribution is 2.46. The van der Waals surface area contributed by atoms with Crippen LogP contribution >= 0.6 is 0 Å². The smallest absolute Gasteiger partial charge is 0.330 e. The summed E-state index contributed by atoms with van der Waals surface area (Å²) in [6.07, 6.45) is 3.56. The highest BCUT2D eigenvalue weighted by atomic mass is 16.6. The van der Waals surface area contributed by atoms with Crippen molar-refractivity contribution in [2.75, 3.05) is 19.8 Å². The van der Waals surface area contributed by atoms with Crippen molar-refractivity contribution in [3.05, 3.63) is 240 Å². The molecule has 15 aromatic rings. The van der Waals surface area contributed by atoms with E-state index in [0.717, 1.165) is 137 Å². The van der Waals surface area contributed by atoms with E-state index >= 15 is 19.2 Å². The van der Waals surface area contributed by atoms with Crippen molar-refractivity contribution in [3.63, 3.8) is 0 Å². The van der Waals surface area contributed by atoms with E-state index in [1.54, 1.807) is 0 Å². The van der Waals surface area contributed by atoms with E-state index in [0.29, 0.717) is 62.3 Å². The summed E-state index contributed by atoms with van der Waals surface area (Å²) in [4.78, 5) is 83.8. The fourth-order valence-corrected chi connectivity index (χ4v) is 15.0. The largest absolute Gasteiger partial charge is 0.490 e. The summed E-state index contributed by atoms with van der Waals surface area (Å²) in [6.45, 7) is 23.9. The molecule has 0 spiro atoms. The van der Waals surface area contributed by atoms with Crippen molar-refractivity contribution in [1.29, 1.82) is 0 Å². The van der Waals surface area contributed by atoms with Gasteiger partial charge in [-0.25, -0.2) is 18.7 Å². The Balaban J connectivity index is 0.811. The van der Waals surface area contributed by atoms with Crippen LogP contribution < -0.4 is 27.0 Å². The molecular formula is C83H68N2O9. The average molecular weight is 1240 g/mol. The molecule has 464 valence electrons. The lowest BCUT2D eigenvalue weighted by atomic mass is 9.88. The quantitative estimate of drug-likeness (QED) is 0.0525. The predicted molar refractivity (Wildman–Crippen MR) is 386 cm³/mol. The van der Waals surface area contributed by atoms with Crippen LogP contribution in [0.2, 0.25) is 0 Å². The molecule has 0 saturated heterocycles. The number of aryl methyl sites for hydroxylation is 1. The van der Waals surface area contributed by atoms with Gasteiger partial charge < -0.3 is 14.2 Å². The van der Waals surface area contributed by atoms with E-state index in [2.05, 4.69) is 138 Å². The predicted octanol–water partition coefficient (Wildman–Crippen LogP) is 18.1. The molecule has 0 aliphatic heterocycles. The zero-order chi connectivity index (χ0) is 65.4. The molecule has 11 nitrogen and oxygen atoms in total. The van der Waals surface area contributed by atoms with Crippen LogP contribution in [0.1, 0.15) is 113 Å². The number of carbonyl (C=O) groups is 2. The number of pyridine rings is 2. The summed E-state index contributed by atoms with van der Waals surface area (Å²) in [5.41, 5.74) is 4.31. The number of benzene rings is 10. The van der Waals surface area contributed by atoms with E-state index < -0.39 is 11.9 Å². The number of fused-ring (bicyclic) bond motifs is 10. The minimum Gasteiger partial charge on any atom is -0.490 e. The summed E-state index contributed by atoms with van der Waals surface area (Å²) >= 11 is 0. The Morgan fingerprint density at radius 1 is 0.362 bits per heavy atom. The van der Waals surface area contributed by atoms with Crippen molar-refractivity contribution >= 4 is 141 Å². The summed E-state index contributed by atoms with van der Waals surface area (Å²) in [5, 5.41) is 21.9. The van der Waals surface area contributed by atoms with Crippen molar-refractivity contribution in [3.8, 4) is 17.1 Å². The lowest BCUT2D eigenvalue weighted by molar-refractivity contribution is -0.139. The monoisotopic (exact) mass is 1240 g/mol. The van der Waals surface area contributed by atoms with Gasteiger partial charge in [0.15, 0.2) is 0 Å². The van der Waals surface area contributed by atoms with Crippen molar-refractivity contribution in [2.45, 2.75) is 91.9 Å². The zero-order valence-corrected chi connectivity index (χ0v) is 53.8. The van der Waals surface area contributed by atoms with Gasteiger partial charge in [-0.2, -0.15) is 0 Å². The Bertz CT molecular complexity index is 5380. The van der Waals surface area contributed by atoms with Crippen LogP contribution in [-0.4, -0.2) is 40.9 Å². The molecule has 2 heterocycles. The molecule has 0 N–H and O–H groups in total. The van der Waals surface area contributed by atoms with Gasteiger partial charge >= 0.3 is 11.9 Å². The standard InChI is InChI=1S/C83H68N2O9/c1-11-72(86)93-27-13-14-46-30-64(42(3)4)78(65(31-46)43(5)6)84-80(88)60-23-19-56-68-36-51-32-47-15-17-49-34-53-38-70-58-21-25-62-77-63(83(91)85(82(62)90)79-66(44(7)8)40-55(41-67(79)45(9)10)92-28-29-94-73(87)12-2)26-22-59(75(58)77)71(70)39-54(53)35-50(49)18-16-48(47)33-52(51)37-69(68)57-20-24-61(81(84)89)76(60)74(56)57/h11-12,15-26,30-45H,1-2,13-14,27-29H2,3-10H3. The first-order valence-corrected chi connectivity index (χ1v) is 32.5. The van der Waals surface area contributed by atoms with Gasteiger partial charge in [0.05, 0.1) is 18.0 Å². The van der Waals surface area contributed by atoms with Crippen molar-refractivity contribution < 1.29 is 23.8 Å². The Morgan fingerprint density at radius 2 is 0.660 bits per heavy atom. The molecule has 15 rings (SSSR count). The number of aromatic nitrogens is 2. The fraction of sp³-hybridized carbons (Fsp3) is 0.205. The van der Waals surface area contributed by atoms with Crippen LogP contribution in [0.4, 0.5) is 0 Å². The lowest BCUT2D eigenvalue weighted by Crippen LogP contribution is -2.34. The Hall–Kier alpha value is -10.8. The third-order valence-electron chi connectivity index (χ3n) is 19.5. The normalized spacial score (nSPS) is 12.3. The fourth-order valence-electron chi connectivity index (χ4n) is 15.0. The Labute approximate surface area is 540 Å². The number of esters is 2. The Kier molecular flexibility index (Phi) is 14.3. The van der Waals surface area contributed by atoms with Crippen LogP contribution in [0.15, 0.2) is 190 Å². The highest BCUT2D eigenvalue weighted by molar-refractivity contribution is 6.38. The first kappa shape index (κ1) is 59.5. The van der Waals surface area contributed by atoms with Gasteiger partial charge in [-0.05, 0) is 246 Å². The van der Waals surface area contributed by atoms with E-state index in [9.17, 15) is 9.59 Å². The minimum atomic E-state index is -0.531. The lowest BCUT2D eigenvalue weighted by Gasteiger charge is -2.23. The number of ether oxygens (including phenoxy) is 3. The van der Waals surface area contributed by atoms with Crippen LogP contribution in [-0.2, 0) is 25.5 Å². The maximum absolute atomic E-state index is 15.1. The van der Waals surface area contributed by atoms with Crippen molar-refractivity contribution in [2.24, 2.45) is 0 Å². The van der Waals surface area contributed by atoms with Gasteiger partial charge in [0.2, 0.25) is 0 Å². The third-order valence-corrected chi connectivity index (χ3v) is 19.5. The molecule has 13 aromatic carbocycles. The molecule has 0 aliphatic rings. The van der Waals surface area contributed by atoms with Gasteiger partial charge in [-0.15, -0.1) is 0 Å². The molecule has 0 aliphatic carbocycles. The SMILES string of the molecule is C=CC(=O)OCCCc1cc(C(C)C)c(-n2c(=O)c3ccc4c5cc6cc7ccc8cc9cc%10c(cc9cc8ccc7cc6cc5c5ccc(c2=O)c3c45)c2ccc3c(=O)n(-c4c(C(C)C)cc(OCCOC(=O)C=C)cc4C(C)C)c(=O)c4ccc%10c2c43)c(C(C)C)c1. The molecule has 0 fully saturated rings. The third kappa shape index (κ3) is 9.29. The Morgan fingerprint density at radius 3 is 0.979 bits per heavy atom. The second-order valence-electron chi connectivity index (χ2n) is 26.5. The average Bonchev–Trinajstić information content (AvgIpc) is 1.45. The minimum absolute atomic E-state index is 0.000628. The maximum Gasteiger partial charge on any atom is 0.330 e. The van der Waals surface area contributed by atoms with Crippen LogP contribution in [0, 0.1) is 0 Å². The maximum atomic E-state index is 15.1. The molecule has 94 heavy (non-hydrogen) atoms. The van der Waals surface area contributed by atoms with E-state index in [1.807, 2.05) is 76.2 Å². The second kappa shape index (κ2) is 22.5. The van der Waals surface area contributed by atoms with Crippen LogP contribution in [0.25, 0.3) is 141 Å². The number of carbonyl (C=O) groups excluding carboxylic acids is 2. The first-order chi connectivity index (χ1) is 45.3.